The molecule has 0 bridgehead atoms. The van der Waals surface area contributed by atoms with Gasteiger partial charge in [-0.1, -0.05) is 6.07 Å². The van der Waals surface area contributed by atoms with Crippen molar-refractivity contribution in [3.63, 3.8) is 0 Å². The van der Waals surface area contributed by atoms with E-state index in [0.29, 0.717) is 23.5 Å². The van der Waals surface area contributed by atoms with Crippen molar-refractivity contribution in [3.05, 3.63) is 41.6 Å². The van der Waals surface area contributed by atoms with Gasteiger partial charge in [0.2, 0.25) is 5.95 Å². The summed E-state index contributed by atoms with van der Waals surface area (Å²) in [7, 11) is 0. The van der Waals surface area contributed by atoms with E-state index in [1.165, 1.54) is 6.07 Å². The first kappa shape index (κ1) is 14.6. The van der Waals surface area contributed by atoms with Gasteiger partial charge >= 0.3 is 6.18 Å². The van der Waals surface area contributed by atoms with E-state index in [1.54, 1.807) is 12.1 Å². The number of nitrogens with zero attached hydrogens (tertiary/aromatic N) is 2. The third-order valence-electron chi connectivity index (χ3n) is 3.23. The number of nitrogens with one attached hydrogen (secondary N) is 2. The van der Waals surface area contributed by atoms with Crippen molar-refractivity contribution in [3.8, 4) is 0 Å². The van der Waals surface area contributed by atoms with Crippen LogP contribution < -0.4 is 10.6 Å². The quantitative estimate of drug-likeness (QED) is 0.892. The number of aromatic nitrogens is 2. The molecule has 116 valence electrons. The molecule has 0 aliphatic heterocycles. The van der Waals surface area contributed by atoms with Crippen LogP contribution in [0.2, 0.25) is 0 Å². The number of rotatable bonds is 4. The Morgan fingerprint density at radius 1 is 1.14 bits per heavy atom. The number of benzene rings is 1. The Morgan fingerprint density at radius 3 is 2.59 bits per heavy atom. The molecule has 1 saturated carbocycles. The average Bonchev–Trinajstić information content (AvgIpc) is 3.21. The van der Waals surface area contributed by atoms with E-state index in [9.17, 15) is 13.2 Å². The van der Waals surface area contributed by atoms with Gasteiger partial charge in [0.1, 0.15) is 5.82 Å². The summed E-state index contributed by atoms with van der Waals surface area (Å²) >= 11 is 0. The molecule has 0 saturated heterocycles. The van der Waals surface area contributed by atoms with Crippen molar-refractivity contribution in [1.29, 1.82) is 0 Å². The van der Waals surface area contributed by atoms with Crippen molar-refractivity contribution in [2.45, 2.75) is 32.0 Å². The van der Waals surface area contributed by atoms with Gasteiger partial charge in [-0.15, -0.1) is 0 Å². The minimum atomic E-state index is -4.36. The number of hydrogen-bond acceptors (Lipinski definition) is 4. The molecule has 7 heteroatoms. The molecule has 1 aliphatic carbocycles. The van der Waals surface area contributed by atoms with E-state index >= 15 is 0 Å². The first-order valence-electron chi connectivity index (χ1n) is 6.97. The highest BCUT2D eigenvalue weighted by Gasteiger charge is 2.30. The summed E-state index contributed by atoms with van der Waals surface area (Å²) in [6, 6.07) is 7.13. The summed E-state index contributed by atoms with van der Waals surface area (Å²) in [5.41, 5.74) is 0.387. The number of aryl methyl sites for hydroxylation is 1. The predicted octanol–water partition coefficient (Wildman–Crippen LogP) is 4.12. The smallest absolute Gasteiger partial charge is 0.351 e. The van der Waals surface area contributed by atoms with Gasteiger partial charge in [-0.2, -0.15) is 18.2 Å². The SMILES string of the molecule is Cc1cc(Nc2cccc(C(F)(F)F)c2)nc(NC2CC2)n1. The van der Waals surface area contributed by atoms with Crippen molar-refractivity contribution < 1.29 is 13.2 Å². The lowest BCUT2D eigenvalue weighted by atomic mass is 10.2. The van der Waals surface area contributed by atoms with E-state index in [4.69, 9.17) is 0 Å². The Labute approximate surface area is 125 Å². The van der Waals surface area contributed by atoms with Crippen LogP contribution in [0.4, 0.5) is 30.6 Å². The molecule has 0 spiro atoms. The molecule has 0 amide bonds. The minimum absolute atomic E-state index is 0.338. The van der Waals surface area contributed by atoms with Crippen LogP contribution in [0.5, 0.6) is 0 Å². The zero-order valence-electron chi connectivity index (χ0n) is 11.9. The summed E-state index contributed by atoms with van der Waals surface area (Å²) in [6.45, 7) is 1.82. The molecular weight excluding hydrogens is 293 g/mol. The highest BCUT2D eigenvalue weighted by Crippen LogP contribution is 2.31. The molecule has 2 aromatic rings. The second-order valence-electron chi connectivity index (χ2n) is 5.34. The zero-order chi connectivity index (χ0) is 15.7. The van der Waals surface area contributed by atoms with Crippen LogP contribution in [0.15, 0.2) is 30.3 Å². The van der Waals surface area contributed by atoms with Gasteiger partial charge in [0, 0.05) is 23.5 Å². The van der Waals surface area contributed by atoms with E-state index in [-0.39, 0.29) is 0 Å². The van der Waals surface area contributed by atoms with Gasteiger partial charge in [-0.3, -0.25) is 0 Å². The summed E-state index contributed by atoms with van der Waals surface area (Å²) in [5.74, 6) is 0.965. The Balaban J connectivity index is 1.81. The van der Waals surface area contributed by atoms with Gasteiger partial charge in [0.05, 0.1) is 5.56 Å². The molecule has 0 unspecified atom stereocenters. The summed E-state index contributed by atoms with van der Waals surface area (Å²) < 4.78 is 38.2. The first-order valence-corrected chi connectivity index (χ1v) is 6.97. The van der Waals surface area contributed by atoms with Gasteiger partial charge in [0.25, 0.3) is 0 Å². The summed E-state index contributed by atoms with van der Waals surface area (Å²) in [4.78, 5) is 8.56. The Kier molecular flexibility index (Phi) is 3.64. The lowest BCUT2D eigenvalue weighted by Crippen LogP contribution is -2.08. The van der Waals surface area contributed by atoms with Crippen LogP contribution in [0.1, 0.15) is 24.1 Å². The Morgan fingerprint density at radius 2 is 1.91 bits per heavy atom. The van der Waals surface area contributed by atoms with Crippen molar-refractivity contribution in [2.75, 3.05) is 10.6 Å². The van der Waals surface area contributed by atoms with Crippen LogP contribution in [0, 0.1) is 6.92 Å². The minimum Gasteiger partial charge on any atom is -0.351 e. The van der Waals surface area contributed by atoms with Gasteiger partial charge in [0.15, 0.2) is 0 Å². The highest BCUT2D eigenvalue weighted by atomic mass is 19.4. The van der Waals surface area contributed by atoms with E-state index in [1.807, 2.05) is 6.92 Å². The normalized spacial score (nSPS) is 14.7. The molecule has 2 N–H and O–H groups in total. The number of anilines is 3. The highest BCUT2D eigenvalue weighted by molar-refractivity contribution is 5.58. The van der Waals surface area contributed by atoms with Gasteiger partial charge in [-0.05, 0) is 38.0 Å². The van der Waals surface area contributed by atoms with Gasteiger partial charge < -0.3 is 10.6 Å². The van der Waals surface area contributed by atoms with Crippen molar-refractivity contribution in [2.24, 2.45) is 0 Å². The zero-order valence-corrected chi connectivity index (χ0v) is 11.9. The lowest BCUT2D eigenvalue weighted by molar-refractivity contribution is -0.137. The molecular formula is C15H15F3N4. The maximum Gasteiger partial charge on any atom is 0.416 e. The molecule has 3 rings (SSSR count). The van der Waals surface area contributed by atoms with Crippen LogP contribution in [0.3, 0.4) is 0 Å². The Bertz CT molecular complexity index is 681. The molecule has 4 nitrogen and oxygen atoms in total. The third-order valence-corrected chi connectivity index (χ3v) is 3.23. The number of halogens is 3. The van der Waals surface area contributed by atoms with E-state index in [2.05, 4.69) is 20.6 Å². The second kappa shape index (κ2) is 5.47. The fraction of sp³-hybridized carbons (Fsp3) is 0.333. The van der Waals surface area contributed by atoms with Crippen molar-refractivity contribution in [1.82, 2.24) is 9.97 Å². The van der Waals surface area contributed by atoms with Gasteiger partial charge in [-0.25, -0.2) is 4.98 Å². The van der Waals surface area contributed by atoms with Crippen LogP contribution in [-0.4, -0.2) is 16.0 Å². The van der Waals surface area contributed by atoms with Crippen molar-refractivity contribution >= 4 is 17.5 Å². The topological polar surface area (TPSA) is 49.8 Å². The first-order chi connectivity index (χ1) is 10.4. The number of hydrogen-bond donors (Lipinski definition) is 2. The fourth-order valence-corrected chi connectivity index (χ4v) is 2.03. The maximum absolute atomic E-state index is 12.7. The molecule has 1 aliphatic rings. The molecule has 0 radical (unpaired) electrons. The van der Waals surface area contributed by atoms with Crippen LogP contribution in [-0.2, 0) is 6.18 Å². The molecule has 1 fully saturated rings. The summed E-state index contributed by atoms with van der Waals surface area (Å²) in [5, 5.41) is 6.08. The predicted molar refractivity (Wildman–Crippen MR) is 78.1 cm³/mol. The van der Waals surface area contributed by atoms with Crippen LogP contribution in [0.25, 0.3) is 0 Å². The standard InChI is InChI=1S/C15H15F3N4/c1-9-7-13(22-14(19-9)21-11-5-6-11)20-12-4-2-3-10(8-12)15(16,17)18/h2-4,7-8,11H,5-6H2,1H3,(H2,19,20,21,22). The number of alkyl halides is 3. The largest absolute Gasteiger partial charge is 0.416 e. The molecule has 22 heavy (non-hydrogen) atoms. The molecule has 1 aromatic carbocycles. The molecule has 0 atom stereocenters. The monoisotopic (exact) mass is 308 g/mol. The average molecular weight is 308 g/mol. The molecule has 1 heterocycles. The third kappa shape index (κ3) is 3.66. The lowest BCUT2D eigenvalue weighted by Gasteiger charge is -2.11. The van der Waals surface area contributed by atoms with Crippen LogP contribution >= 0.6 is 0 Å². The molecule has 1 aromatic heterocycles. The Hall–Kier alpha value is -2.31. The van der Waals surface area contributed by atoms with E-state index in [0.717, 1.165) is 30.7 Å². The summed E-state index contributed by atoms with van der Waals surface area (Å²) in [6.07, 6.45) is -2.18. The maximum atomic E-state index is 12.7. The van der Waals surface area contributed by atoms with E-state index < -0.39 is 11.7 Å². The fourth-order valence-electron chi connectivity index (χ4n) is 2.03. The second-order valence-corrected chi connectivity index (χ2v) is 5.34.